The van der Waals surface area contributed by atoms with Crippen LogP contribution in [0.3, 0.4) is 0 Å². The summed E-state index contributed by atoms with van der Waals surface area (Å²) in [6.07, 6.45) is 0.316. The van der Waals surface area contributed by atoms with Gasteiger partial charge in [0.05, 0.1) is 13.7 Å². The standard InChI is InChI=1S/C20H27NO5/c1-20(2,3)26-19(22)21-18(16-10-11-17(24-5)25-16)15-8-6-14(7-9-15)12-13-23-4/h6-11,18H,12-13H2,1-5H3,(H,21,22). The first-order valence-electron chi connectivity index (χ1n) is 8.53. The molecule has 0 aliphatic carbocycles. The summed E-state index contributed by atoms with van der Waals surface area (Å²) >= 11 is 0. The van der Waals surface area contributed by atoms with Crippen molar-refractivity contribution in [2.75, 3.05) is 20.8 Å². The third-order valence-corrected chi connectivity index (χ3v) is 3.66. The monoisotopic (exact) mass is 361 g/mol. The number of hydrogen-bond acceptors (Lipinski definition) is 5. The number of methoxy groups -OCH3 is 2. The van der Waals surface area contributed by atoms with Crippen LogP contribution >= 0.6 is 0 Å². The number of amides is 1. The Morgan fingerprint density at radius 2 is 1.81 bits per heavy atom. The maximum absolute atomic E-state index is 12.3. The molecular weight excluding hydrogens is 334 g/mol. The Labute approximate surface area is 154 Å². The lowest BCUT2D eigenvalue weighted by Crippen LogP contribution is -2.35. The van der Waals surface area contributed by atoms with Gasteiger partial charge in [-0.05, 0) is 44.4 Å². The number of hydrogen-bond donors (Lipinski definition) is 1. The van der Waals surface area contributed by atoms with Crippen molar-refractivity contribution in [2.45, 2.75) is 38.8 Å². The Hall–Kier alpha value is -2.47. The molecule has 2 aromatic rings. The fourth-order valence-electron chi connectivity index (χ4n) is 2.44. The highest BCUT2D eigenvalue weighted by molar-refractivity contribution is 5.69. The fourth-order valence-corrected chi connectivity index (χ4v) is 2.44. The molecule has 0 saturated heterocycles. The number of furan rings is 1. The van der Waals surface area contributed by atoms with E-state index in [0.717, 1.165) is 17.5 Å². The Morgan fingerprint density at radius 1 is 1.12 bits per heavy atom. The molecule has 0 radical (unpaired) electrons. The topological polar surface area (TPSA) is 69.9 Å². The lowest BCUT2D eigenvalue weighted by molar-refractivity contribution is 0.0506. The van der Waals surface area contributed by atoms with Crippen LogP contribution in [0.25, 0.3) is 0 Å². The zero-order chi connectivity index (χ0) is 19.2. The Morgan fingerprint density at radius 3 is 2.35 bits per heavy atom. The van der Waals surface area contributed by atoms with Crippen LogP contribution in [-0.4, -0.2) is 32.5 Å². The van der Waals surface area contributed by atoms with Crippen molar-refractivity contribution in [1.29, 1.82) is 0 Å². The Balaban J connectivity index is 2.23. The molecule has 0 bridgehead atoms. The molecule has 2 rings (SSSR count). The van der Waals surface area contributed by atoms with Gasteiger partial charge in [0.25, 0.3) is 5.95 Å². The molecule has 1 amide bonds. The van der Waals surface area contributed by atoms with E-state index in [2.05, 4.69) is 5.32 Å². The van der Waals surface area contributed by atoms with E-state index >= 15 is 0 Å². The maximum atomic E-state index is 12.3. The van der Waals surface area contributed by atoms with Crippen LogP contribution in [0.4, 0.5) is 4.79 Å². The molecule has 1 heterocycles. The zero-order valence-corrected chi connectivity index (χ0v) is 16.0. The summed E-state index contributed by atoms with van der Waals surface area (Å²) in [5, 5.41) is 2.87. The van der Waals surface area contributed by atoms with Crippen molar-refractivity contribution in [2.24, 2.45) is 0 Å². The number of carbonyl (C=O) groups is 1. The van der Waals surface area contributed by atoms with Gasteiger partial charge in [-0.15, -0.1) is 0 Å². The summed E-state index contributed by atoms with van der Waals surface area (Å²) in [5.74, 6) is 0.949. The smallest absolute Gasteiger partial charge is 0.408 e. The minimum atomic E-state index is -0.584. The van der Waals surface area contributed by atoms with E-state index in [-0.39, 0.29) is 0 Å². The highest BCUT2D eigenvalue weighted by atomic mass is 16.6. The molecule has 0 aliphatic rings. The molecule has 1 unspecified atom stereocenters. The van der Waals surface area contributed by atoms with Crippen molar-refractivity contribution < 1.29 is 23.4 Å². The first-order valence-corrected chi connectivity index (χ1v) is 8.53. The second-order valence-electron chi connectivity index (χ2n) is 6.92. The molecule has 0 aliphatic heterocycles. The van der Waals surface area contributed by atoms with Crippen LogP contribution in [0.5, 0.6) is 5.95 Å². The Bertz CT molecular complexity index is 700. The van der Waals surface area contributed by atoms with Gasteiger partial charge in [0, 0.05) is 13.2 Å². The number of benzene rings is 1. The van der Waals surface area contributed by atoms with E-state index in [1.165, 1.54) is 7.11 Å². The average Bonchev–Trinajstić information content (AvgIpc) is 3.06. The number of carbonyl (C=O) groups excluding carboxylic acids is 1. The van der Waals surface area contributed by atoms with Gasteiger partial charge in [-0.3, -0.25) is 0 Å². The van der Waals surface area contributed by atoms with Gasteiger partial charge in [-0.1, -0.05) is 24.3 Å². The Kier molecular flexibility index (Phi) is 6.69. The molecular formula is C20H27NO5. The number of rotatable bonds is 7. The SMILES string of the molecule is COCCc1ccc(C(NC(=O)OC(C)(C)C)c2ccc(OC)o2)cc1. The molecule has 1 aromatic carbocycles. The molecule has 1 N–H and O–H groups in total. The van der Waals surface area contributed by atoms with Gasteiger partial charge in [-0.2, -0.15) is 0 Å². The summed E-state index contributed by atoms with van der Waals surface area (Å²) in [4.78, 5) is 12.3. The predicted molar refractivity (Wildman–Crippen MR) is 98.5 cm³/mol. The quantitative estimate of drug-likeness (QED) is 0.804. The van der Waals surface area contributed by atoms with Crippen molar-refractivity contribution in [3.63, 3.8) is 0 Å². The van der Waals surface area contributed by atoms with Crippen molar-refractivity contribution in [1.82, 2.24) is 5.32 Å². The molecule has 0 fully saturated rings. The van der Waals surface area contributed by atoms with E-state index in [9.17, 15) is 4.79 Å². The van der Waals surface area contributed by atoms with Gasteiger partial charge in [-0.25, -0.2) is 4.79 Å². The minimum Gasteiger partial charge on any atom is -0.468 e. The number of ether oxygens (including phenoxy) is 3. The van der Waals surface area contributed by atoms with Gasteiger partial charge in [0.1, 0.15) is 17.4 Å². The summed E-state index contributed by atoms with van der Waals surface area (Å²) < 4.78 is 21.3. The van der Waals surface area contributed by atoms with E-state index in [1.54, 1.807) is 19.2 Å². The largest absolute Gasteiger partial charge is 0.468 e. The molecule has 0 spiro atoms. The second kappa shape index (κ2) is 8.76. The molecule has 6 heteroatoms. The number of nitrogens with one attached hydrogen (secondary N) is 1. The van der Waals surface area contributed by atoms with Crippen molar-refractivity contribution in [3.05, 3.63) is 53.3 Å². The van der Waals surface area contributed by atoms with E-state index in [4.69, 9.17) is 18.6 Å². The summed E-state index contributed by atoms with van der Waals surface area (Å²) in [5.41, 5.74) is 1.46. The maximum Gasteiger partial charge on any atom is 0.408 e. The third kappa shape index (κ3) is 5.81. The molecule has 26 heavy (non-hydrogen) atoms. The van der Waals surface area contributed by atoms with Crippen LogP contribution in [0.2, 0.25) is 0 Å². The van der Waals surface area contributed by atoms with E-state index in [0.29, 0.717) is 18.3 Å². The van der Waals surface area contributed by atoms with Crippen LogP contribution in [-0.2, 0) is 15.9 Å². The summed E-state index contributed by atoms with van der Waals surface area (Å²) in [6, 6.07) is 11.0. The molecule has 6 nitrogen and oxygen atoms in total. The van der Waals surface area contributed by atoms with Crippen LogP contribution in [0, 0.1) is 0 Å². The van der Waals surface area contributed by atoms with Crippen LogP contribution in [0.15, 0.2) is 40.8 Å². The van der Waals surface area contributed by atoms with Gasteiger partial charge in [0.2, 0.25) is 0 Å². The zero-order valence-electron chi connectivity index (χ0n) is 16.0. The fraction of sp³-hybridized carbons (Fsp3) is 0.450. The molecule has 1 atom stereocenters. The highest BCUT2D eigenvalue weighted by Gasteiger charge is 2.24. The van der Waals surface area contributed by atoms with Gasteiger partial charge >= 0.3 is 6.09 Å². The molecule has 142 valence electrons. The van der Waals surface area contributed by atoms with E-state index in [1.807, 2.05) is 45.0 Å². The van der Waals surface area contributed by atoms with Crippen LogP contribution < -0.4 is 10.1 Å². The minimum absolute atomic E-state index is 0.382. The van der Waals surface area contributed by atoms with Crippen molar-refractivity contribution >= 4 is 6.09 Å². The third-order valence-electron chi connectivity index (χ3n) is 3.66. The summed E-state index contributed by atoms with van der Waals surface area (Å²) in [6.45, 7) is 6.13. The first kappa shape index (κ1) is 19.8. The number of alkyl carbamates (subject to hydrolysis) is 1. The molecule has 1 aromatic heterocycles. The normalized spacial score (nSPS) is 12.5. The first-order chi connectivity index (χ1) is 12.3. The van der Waals surface area contributed by atoms with Gasteiger partial charge in [0.15, 0.2) is 0 Å². The lowest BCUT2D eigenvalue weighted by Gasteiger charge is -2.23. The van der Waals surface area contributed by atoms with Gasteiger partial charge < -0.3 is 23.9 Å². The lowest BCUT2D eigenvalue weighted by atomic mass is 10.0. The van der Waals surface area contributed by atoms with E-state index < -0.39 is 17.7 Å². The highest BCUT2D eigenvalue weighted by Crippen LogP contribution is 2.28. The second-order valence-corrected chi connectivity index (χ2v) is 6.92. The van der Waals surface area contributed by atoms with Crippen LogP contribution in [0.1, 0.15) is 43.7 Å². The summed E-state index contributed by atoms with van der Waals surface area (Å²) in [7, 11) is 3.21. The van der Waals surface area contributed by atoms with Crippen molar-refractivity contribution in [3.8, 4) is 5.95 Å². The predicted octanol–water partition coefficient (Wildman–Crippen LogP) is 4.09. The molecule has 0 saturated carbocycles. The average molecular weight is 361 g/mol.